The molecule has 3 aliphatic rings. The van der Waals surface area contributed by atoms with Crippen molar-refractivity contribution in [2.24, 2.45) is 16.3 Å². The molecule has 138 valence electrons. The van der Waals surface area contributed by atoms with Crippen LogP contribution in [0.3, 0.4) is 0 Å². The lowest BCUT2D eigenvalue weighted by Gasteiger charge is -2.35. The minimum atomic E-state index is 0.621. The van der Waals surface area contributed by atoms with Crippen molar-refractivity contribution >= 4 is 5.96 Å². The molecule has 2 saturated heterocycles. The maximum Gasteiger partial charge on any atom is 0.193 e. The maximum atomic E-state index is 5.07. The minimum Gasteiger partial charge on any atom is -0.357 e. The average molecular weight is 335 g/mol. The molecule has 1 atom stereocenters. The van der Waals surface area contributed by atoms with E-state index in [1.54, 1.807) is 0 Å². The molecular weight excluding hydrogens is 296 g/mol. The largest absolute Gasteiger partial charge is 0.357 e. The second-order valence-electron chi connectivity index (χ2n) is 8.67. The quantitative estimate of drug-likeness (QED) is 0.632. The van der Waals surface area contributed by atoms with E-state index >= 15 is 0 Å². The zero-order valence-corrected chi connectivity index (χ0v) is 16.2. The smallest absolute Gasteiger partial charge is 0.193 e. The first-order valence-electron chi connectivity index (χ1n) is 10.4. The predicted octanol–water partition coefficient (Wildman–Crippen LogP) is 3.34. The number of piperidine rings is 1. The Morgan fingerprint density at radius 2 is 1.96 bits per heavy atom. The number of guanidine groups is 1. The fourth-order valence-electron chi connectivity index (χ4n) is 5.01. The number of nitrogens with zero attached hydrogens (tertiary/aromatic N) is 3. The van der Waals surface area contributed by atoms with Gasteiger partial charge in [-0.25, -0.2) is 0 Å². The summed E-state index contributed by atoms with van der Waals surface area (Å²) in [5.41, 5.74) is 0.621. The zero-order chi connectivity index (χ0) is 17.0. The van der Waals surface area contributed by atoms with Crippen LogP contribution in [0.25, 0.3) is 0 Å². The van der Waals surface area contributed by atoms with Gasteiger partial charge in [0.05, 0.1) is 0 Å². The Morgan fingerprint density at radius 1 is 1.17 bits per heavy atom. The van der Waals surface area contributed by atoms with Crippen molar-refractivity contribution in [2.75, 3.05) is 39.3 Å². The van der Waals surface area contributed by atoms with E-state index in [-0.39, 0.29) is 0 Å². The summed E-state index contributed by atoms with van der Waals surface area (Å²) in [6.07, 6.45) is 9.81. The van der Waals surface area contributed by atoms with E-state index < -0.39 is 0 Å². The zero-order valence-electron chi connectivity index (χ0n) is 16.2. The Kier molecular flexibility index (Phi) is 6.07. The Balaban J connectivity index is 1.57. The van der Waals surface area contributed by atoms with Crippen LogP contribution in [0.5, 0.6) is 0 Å². The molecule has 2 aliphatic heterocycles. The summed E-state index contributed by atoms with van der Waals surface area (Å²) >= 11 is 0. The minimum absolute atomic E-state index is 0.621. The van der Waals surface area contributed by atoms with Crippen molar-refractivity contribution in [3.8, 4) is 0 Å². The van der Waals surface area contributed by atoms with Gasteiger partial charge in [0.2, 0.25) is 0 Å². The molecule has 3 fully saturated rings. The molecule has 0 amide bonds. The highest BCUT2D eigenvalue weighted by Crippen LogP contribution is 2.45. The first kappa shape index (κ1) is 18.0. The summed E-state index contributed by atoms with van der Waals surface area (Å²) in [4.78, 5) is 10.3. The third kappa shape index (κ3) is 4.25. The molecule has 0 radical (unpaired) electrons. The third-order valence-corrected chi connectivity index (χ3v) is 6.52. The van der Waals surface area contributed by atoms with Crippen LogP contribution in [0.1, 0.15) is 65.7 Å². The van der Waals surface area contributed by atoms with Gasteiger partial charge in [0.15, 0.2) is 5.96 Å². The van der Waals surface area contributed by atoms with E-state index in [0.717, 1.165) is 19.0 Å². The third-order valence-electron chi connectivity index (χ3n) is 6.52. The van der Waals surface area contributed by atoms with Crippen LogP contribution in [0.15, 0.2) is 4.99 Å². The lowest BCUT2D eigenvalue weighted by atomic mass is 9.86. The van der Waals surface area contributed by atoms with Gasteiger partial charge in [-0.1, -0.05) is 12.8 Å². The molecule has 4 heteroatoms. The second-order valence-corrected chi connectivity index (χ2v) is 8.67. The van der Waals surface area contributed by atoms with Crippen LogP contribution in [-0.4, -0.2) is 61.1 Å². The molecule has 0 aromatic heterocycles. The molecule has 0 aromatic rings. The van der Waals surface area contributed by atoms with Gasteiger partial charge in [0, 0.05) is 38.8 Å². The van der Waals surface area contributed by atoms with Crippen molar-refractivity contribution in [3.63, 3.8) is 0 Å². The van der Waals surface area contributed by atoms with E-state index in [4.69, 9.17) is 4.99 Å². The molecule has 1 aliphatic carbocycles. The summed E-state index contributed by atoms with van der Waals surface area (Å²) in [6, 6.07) is 0.672. The SMILES string of the molecule is CCNC(=NCC1CCCN(C(C)C)C1)N1CCC2(CCCC2)C1. The highest BCUT2D eigenvalue weighted by atomic mass is 15.3. The lowest BCUT2D eigenvalue weighted by Crippen LogP contribution is -2.43. The summed E-state index contributed by atoms with van der Waals surface area (Å²) in [6.45, 7) is 13.7. The summed E-state index contributed by atoms with van der Waals surface area (Å²) in [5.74, 6) is 1.92. The Hall–Kier alpha value is -0.770. The standard InChI is InChI=1S/C20H38N4/c1-4-21-19(24-13-11-20(16-24)9-5-6-10-20)22-14-18-8-7-12-23(15-18)17(2)3/h17-18H,4-16H2,1-3H3,(H,21,22). The predicted molar refractivity (Wildman–Crippen MR) is 103 cm³/mol. The summed E-state index contributed by atoms with van der Waals surface area (Å²) < 4.78 is 0. The number of aliphatic imine (C=N–C) groups is 1. The highest BCUT2D eigenvalue weighted by molar-refractivity contribution is 5.80. The number of likely N-dealkylation sites (tertiary alicyclic amines) is 2. The average Bonchev–Trinajstić information content (AvgIpc) is 3.22. The summed E-state index contributed by atoms with van der Waals surface area (Å²) in [7, 11) is 0. The van der Waals surface area contributed by atoms with E-state index in [9.17, 15) is 0 Å². The molecule has 4 nitrogen and oxygen atoms in total. The molecule has 1 N–H and O–H groups in total. The molecule has 0 bridgehead atoms. The van der Waals surface area contributed by atoms with E-state index in [0.29, 0.717) is 11.5 Å². The van der Waals surface area contributed by atoms with Gasteiger partial charge in [-0.05, 0) is 70.8 Å². The molecular formula is C20H38N4. The van der Waals surface area contributed by atoms with Crippen molar-refractivity contribution in [3.05, 3.63) is 0 Å². The number of hydrogen-bond donors (Lipinski definition) is 1. The van der Waals surface area contributed by atoms with Gasteiger partial charge in [-0.3, -0.25) is 4.99 Å². The van der Waals surface area contributed by atoms with Gasteiger partial charge >= 0.3 is 0 Å². The molecule has 1 unspecified atom stereocenters. The van der Waals surface area contributed by atoms with Gasteiger partial charge in [-0.2, -0.15) is 0 Å². The molecule has 2 heterocycles. The fourth-order valence-corrected chi connectivity index (χ4v) is 5.01. The van der Waals surface area contributed by atoms with Gasteiger partial charge < -0.3 is 15.1 Å². The van der Waals surface area contributed by atoms with E-state index in [2.05, 4.69) is 35.9 Å². The van der Waals surface area contributed by atoms with Gasteiger partial charge in [0.1, 0.15) is 0 Å². The maximum absolute atomic E-state index is 5.07. The van der Waals surface area contributed by atoms with Crippen LogP contribution < -0.4 is 5.32 Å². The van der Waals surface area contributed by atoms with Crippen LogP contribution in [0.2, 0.25) is 0 Å². The Morgan fingerprint density at radius 3 is 2.67 bits per heavy atom. The monoisotopic (exact) mass is 334 g/mol. The normalized spacial score (nSPS) is 28.2. The van der Waals surface area contributed by atoms with Crippen molar-refractivity contribution in [1.29, 1.82) is 0 Å². The summed E-state index contributed by atoms with van der Waals surface area (Å²) in [5, 5.41) is 3.57. The van der Waals surface area contributed by atoms with Gasteiger partial charge in [0.25, 0.3) is 0 Å². The molecule has 24 heavy (non-hydrogen) atoms. The van der Waals surface area contributed by atoms with E-state index in [1.165, 1.54) is 77.1 Å². The van der Waals surface area contributed by atoms with Crippen molar-refractivity contribution in [1.82, 2.24) is 15.1 Å². The lowest BCUT2D eigenvalue weighted by molar-refractivity contribution is 0.143. The molecule has 3 rings (SSSR count). The van der Waals surface area contributed by atoms with Crippen LogP contribution >= 0.6 is 0 Å². The van der Waals surface area contributed by atoms with Gasteiger partial charge in [-0.15, -0.1) is 0 Å². The van der Waals surface area contributed by atoms with Crippen LogP contribution in [0, 0.1) is 11.3 Å². The molecule has 0 aromatic carbocycles. The Labute approximate surface area is 149 Å². The fraction of sp³-hybridized carbons (Fsp3) is 0.950. The first-order valence-corrected chi connectivity index (χ1v) is 10.4. The highest BCUT2D eigenvalue weighted by Gasteiger charge is 2.41. The number of hydrogen-bond acceptors (Lipinski definition) is 2. The van der Waals surface area contributed by atoms with Crippen LogP contribution in [-0.2, 0) is 0 Å². The van der Waals surface area contributed by atoms with Crippen LogP contribution in [0.4, 0.5) is 0 Å². The Bertz CT molecular complexity index is 425. The second kappa shape index (κ2) is 8.07. The first-order chi connectivity index (χ1) is 11.6. The number of nitrogens with one attached hydrogen (secondary N) is 1. The van der Waals surface area contributed by atoms with Crippen molar-refractivity contribution in [2.45, 2.75) is 71.8 Å². The van der Waals surface area contributed by atoms with Crippen molar-refractivity contribution < 1.29 is 0 Å². The number of rotatable bonds is 4. The van der Waals surface area contributed by atoms with E-state index in [1.807, 2.05) is 0 Å². The topological polar surface area (TPSA) is 30.9 Å². The molecule has 1 saturated carbocycles. The molecule has 1 spiro atoms.